The van der Waals surface area contributed by atoms with E-state index in [4.69, 9.17) is 0 Å². The molecule has 6 heteroatoms. The predicted molar refractivity (Wildman–Crippen MR) is 98.0 cm³/mol. The van der Waals surface area contributed by atoms with Crippen molar-refractivity contribution in [1.29, 1.82) is 0 Å². The number of nitrogens with one attached hydrogen (secondary N) is 1. The zero-order chi connectivity index (χ0) is 17.6. The van der Waals surface area contributed by atoms with Crippen molar-refractivity contribution in [3.05, 3.63) is 34.7 Å². The van der Waals surface area contributed by atoms with Gasteiger partial charge in [0.2, 0.25) is 0 Å². The van der Waals surface area contributed by atoms with Crippen molar-refractivity contribution in [2.45, 2.75) is 63.7 Å². The molecule has 1 unspecified atom stereocenters. The Balaban J connectivity index is 1.62. The van der Waals surface area contributed by atoms with Crippen molar-refractivity contribution in [1.82, 2.24) is 19.4 Å². The number of benzene rings is 1. The molecule has 0 aliphatic carbocycles. The van der Waals surface area contributed by atoms with Gasteiger partial charge in [-0.3, -0.25) is 4.57 Å². The largest absolute Gasteiger partial charge is 0.337 e. The number of para-hydroxylation sites is 2. The normalized spacial score (nSPS) is 26.2. The highest BCUT2D eigenvalue weighted by Gasteiger charge is 2.39. The Morgan fingerprint density at radius 3 is 2.44 bits per heavy atom. The first-order valence-corrected chi connectivity index (χ1v) is 9.33. The van der Waals surface area contributed by atoms with Crippen molar-refractivity contribution >= 4 is 17.1 Å². The lowest BCUT2D eigenvalue weighted by atomic mass is 9.98. The van der Waals surface area contributed by atoms with Gasteiger partial charge < -0.3 is 10.2 Å². The minimum absolute atomic E-state index is 0.154. The van der Waals surface area contributed by atoms with Crippen LogP contribution < -0.4 is 11.0 Å². The third-order valence-corrected chi connectivity index (χ3v) is 5.91. The standard InChI is InChI=1S/C19H26N4O2/c1-3-10-22-16-6-4-5-7-17(16)23(19(22)25)18(24)20-13-11-14-8-9-15(12-13)21(14)2/h4-7,13-15H,3,8-12H2,1-2H3,(H,20,24)/t13?,14-,15+. The van der Waals surface area contributed by atoms with Crippen LogP contribution in [0.25, 0.3) is 11.0 Å². The van der Waals surface area contributed by atoms with E-state index in [0.717, 1.165) is 24.8 Å². The van der Waals surface area contributed by atoms with Crippen molar-refractivity contribution in [3.8, 4) is 0 Å². The highest BCUT2D eigenvalue weighted by Crippen LogP contribution is 2.34. The van der Waals surface area contributed by atoms with Gasteiger partial charge in [-0.25, -0.2) is 14.2 Å². The summed E-state index contributed by atoms with van der Waals surface area (Å²) in [4.78, 5) is 28.2. The van der Waals surface area contributed by atoms with Crippen LogP contribution in [0.2, 0.25) is 0 Å². The molecular weight excluding hydrogens is 316 g/mol. The summed E-state index contributed by atoms with van der Waals surface area (Å²) >= 11 is 0. The molecule has 2 aliphatic rings. The summed E-state index contributed by atoms with van der Waals surface area (Å²) in [5.41, 5.74) is 1.28. The fourth-order valence-corrected chi connectivity index (χ4v) is 4.61. The van der Waals surface area contributed by atoms with E-state index in [1.165, 1.54) is 17.4 Å². The molecule has 3 heterocycles. The third-order valence-electron chi connectivity index (χ3n) is 5.91. The first-order chi connectivity index (χ1) is 12.1. The molecule has 0 spiro atoms. The summed E-state index contributed by atoms with van der Waals surface area (Å²) in [5, 5.41) is 3.13. The van der Waals surface area contributed by atoms with E-state index in [1.54, 1.807) is 4.57 Å². The lowest BCUT2D eigenvalue weighted by Gasteiger charge is -2.36. The Hall–Kier alpha value is -2.08. The minimum Gasteiger partial charge on any atom is -0.334 e. The summed E-state index contributed by atoms with van der Waals surface area (Å²) in [6.45, 7) is 2.66. The van der Waals surface area contributed by atoms with E-state index >= 15 is 0 Å². The van der Waals surface area contributed by atoms with Crippen LogP contribution in [0, 0.1) is 0 Å². The molecule has 6 nitrogen and oxygen atoms in total. The first kappa shape index (κ1) is 16.4. The fourth-order valence-electron chi connectivity index (χ4n) is 4.61. The number of fused-ring (bicyclic) bond motifs is 3. The number of hydrogen-bond acceptors (Lipinski definition) is 3. The quantitative estimate of drug-likeness (QED) is 0.932. The summed E-state index contributed by atoms with van der Waals surface area (Å²) in [7, 11) is 2.18. The molecule has 1 amide bonds. The molecule has 25 heavy (non-hydrogen) atoms. The van der Waals surface area contributed by atoms with Gasteiger partial charge in [-0.1, -0.05) is 19.1 Å². The fraction of sp³-hybridized carbons (Fsp3) is 0.579. The summed E-state index contributed by atoms with van der Waals surface area (Å²) in [6.07, 6.45) is 5.22. The molecular formula is C19H26N4O2. The maximum Gasteiger partial charge on any atom is 0.337 e. The Bertz CT molecular complexity index is 839. The zero-order valence-corrected chi connectivity index (χ0v) is 14.9. The molecule has 4 rings (SSSR count). The number of rotatable bonds is 3. The maximum absolute atomic E-state index is 12.9. The van der Waals surface area contributed by atoms with E-state index in [2.05, 4.69) is 17.3 Å². The average molecular weight is 342 g/mol. The monoisotopic (exact) mass is 342 g/mol. The van der Waals surface area contributed by atoms with E-state index in [1.807, 2.05) is 31.2 Å². The molecule has 134 valence electrons. The number of imidazole rings is 1. The molecule has 3 atom stereocenters. The molecule has 1 N–H and O–H groups in total. The first-order valence-electron chi connectivity index (χ1n) is 9.33. The van der Waals surface area contributed by atoms with Gasteiger partial charge in [-0.15, -0.1) is 0 Å². The van der Waals surface area contributed by atoms with Gasteiger partial charge in [-0.05, 0) is 51.3 Å². The molecule has 2 aliphatic heterocycles. The lowest BCUT2D eigenvalue weighted by Crippen LogP contribution is -2.50. The molecule has 0 radical (unpaired) electrons. The van der Waals surface area contributed by atoms with Gasteiger partial charge in [0.1, 0.15) is 0 Å². The number of piperidine rings is 1. The molecule has 2 bridgehead atoms. The minimum atomic E-state index is -0.287. The Kier molecular flexibility index (Phi) is 4.15. The van der Waals surface area contributed by atoms with Gasteiger partial charge in [0.25, 0.3) is 0 Å². The number of aromatic nitrogens is 2. The Morgan fingerprint density at radius 1 is 1.16 bits per heavy atom. The second kappa shape index (κ2) is 6.33. The van der Waals surface area contributed by atoms with Crippen molar-refractivity contribution in [3.63, 3.8) is 0 Å². The van der Waals surface area contributed by atoms with E-state index < -0.39 is 0 Å². The molecule has 2 aromatic rings. The number of amides is 1. The summed E-state index contributed by atoms with van der Waals surface area (Å²) in [5.74, 6) is 0. The van der Waals surface area contributed by atoms with E-state index in [-0.39, 0.29) is 17.8 Å². The van der Waals surface area contributed by atoms with Crippen molar-refractivity contribution in [2.24, 2.45) is 0 Å². The number of aryl methyl sites for hydroxylation is 1. The highest BCUT2D eigenvalue weighted by molar-refractivity contribution is 5.89. The van der Waals surface area contributed by atoms with Crippen LogP contribution in [0.3, 0.4) is 0 Å². The van der Waals surface area contributed by atoms with Crippen LogP contribution in [0.15, 0.2) is 29.1 Å². The molecule has 2 saturated heterocycles. The Morgan fingerprint density at radius 2 is 1.80 bits per heavy atom. The van der Waals surface area contributed by atoms with Crippen LogP contribution >= 0.6 is 0 Å². The van der Waals surface area contributed by atoms with Crippen LogP contribution in [0.1, 0.15) is 39.0 Å². The Labute approximate surface area is 147 Å². The molecule has 2 fully saturated rings. The number of carbonyl (C=O) groups is 1. The second-order valence-electron chi connectivity index (χ2n) is 7.43. The predicted octanol–water partition coefficient (Wildman–Crippen LogP) is 2.40. The average Bonchev–Trinajstić information content (AvgIpc) is 2.97. The van der Waals surface area contributed by atoms with Gasteiger partial charge in [0, 0.05) is 24.7 Å². The SMILES string of the molecule is CCCn1c(=O)n(C(=O)NC2C[C@H]3CC[C@@H](C2)N3C)c2ccccc21. The zero-order valence-electron chi connectivity index (χ0n) is 14.9. The molecule has 0 saturated carbocycles. The maximum atomic E-state index is 12.9. The topological polar surface area (TPSA) is 59.3 Å². The van der Waals surface area contributed by atoms with Crippen LogP contribution in [0.5, 0.6) is 0 Å². The van der Waals surface area contributed by atoms with Crippen LogP contribution in [0.4, 0.5) is 4.79 Å². The molecule has 1 aromatic carbocycles. The number of nitrogens with zero attached hydrogens (tertiary/aromatic N) is 3. The van der Waals surface area contributed by atoms with E-state index in [9.17, 15) is 9.59 Å². The van der Waals surface area contributed by atoms with Crippen molar-refractivity contribution in [2.75, 3.05) is 7.05 Å². The van der Waals surface area contributed by atoms with Gasteiger partial charge in [-0.2, -0.15) is 0 Å². The van der Waals surface area contributed by atoms with Gasteiger partial charge in [0.15, 0.2) is 0 Å². The van der Waals surface area contributed by atoms with Gasteiger partial charge in [0.05, 0.1) is 11.0 Å². The van der Waals surface area contributed by atoms with E-state index in [0.29, 0.717) is 24.1 Å². The van der Waals surface area contributed by atoms with Crippen LogP contribution in [-0.4, -0.2) is 45.2 Å². The second-order valence-corrected chi connectivity index (χ2v) is 7.43. The summed E-state index contributed by atoms with van der Waals surface area (Å²) < 4.78 is 3.01. The smallest absolute Gasteiger partial charge is 0.334 e. The number of carbonyl (C=O) groups excluding carboxylic acids is 1. The highest BCUT2D eigenvalue weighted by atomic mass is 16.2. The summed E-state index contributed by atoms with van der Waals surface area (Å²) in [6, 6.07) is 8.52. The molecule has 1 aromatic heterocycles. The number of hydrogen-bond donors (Lipinski definition) is 1. The van der Waals surface area contributed by atoms with Crippen LogP contribution in [-0.2, 0) is 6.54 Å². The van der Waals surface area contributed by atoms with Crippen molar-refractivity contribution < 1.29 is 4.79 Å². The lowest BCUT2D eigenvalue weighted by molar-refractivity contribution is 0.149. The van der Waals surface area contributed by atoms with Gasteiger partial charge >= 0.3 is 11.7 Å². The third kappa shape index (κ3) is 2.68.